The molecule has 1 fully saturated rings. The molecular weight excluding hydrogens is 458 g/mol. The van der Waals surface area contributed by atoms with E-state index >= 15 is 0 Å². The summed E-state index contributed by atoms with van der Waals surface area (Å²) in [7, 11) is 1.30. The van der Waals surface area contributed by atoms with Crippen LogP contribution in [0.25, 0.3) is 11.1 Å². The summed E-state index contributed by atoms with van der Waals surface area (Å²) in [5.74, 6) is 0.498. The van der Waals surface area contributed by atoms with Gasteiger partial charge in [0.25, 0.3) is 0 Å². The molecule has 36 heavy (non-hydrogen) atoms. The summed E-state index contributed by atoms with van der Waals surface area (Å²) in [4.78, 5) is 42.1. The van der Waals surface area contributed by atoms with Crippen LogP contribution in [0.1, 0.15) is 63.1 Å². The highest BCUT2D eigenvalue weighted by molar-refractivity contribution is 5.97. The number of anilines is 2. The normalized spacial score (nSPS) is 22.2. The Morgan fingerprint density at radius 1 is 1.11 bits per heavy atom. The maximum Gasteiger partial charge on any atom is 0.411 e. The van der Waals surface area contributed by atoms with Crippen molar-refractivity contribution in [3.05, 3.63) is 42.2 Å². The average Bonchev–Trinajstić information content (AvgIpc) is 2.90. The third kappa shape index (κ3) is 6.40. The van der Waals surface area contributed by atoms with Crippen LogP contribution in [0, 0.1) is 11.8 Å². The van der Waals surface area contributed by atoms with Crippen molar-refractivity contribution >= 4 is 29.3 Å². The highest BCUT2D eigenvalue weighted by Gasteiger charge is 2.28. The molecule has 2 bridgehead atoms. The first-order valence-corrected chi connectivity index (χ1v) is 12.7. The monoisotopic (exact) mass is 493 g/mol. The Hall–Kier alpha value is -3.46. The standard InChI is InChI=1S/C27H35N5O4/c1-36-27(35)30-20-10-11-21-19-12-13-29-24(14-19)22(4-2-3-5-25(33)31-23(21)15-20)32-26(34)18-8-6-17(16-28)7-9-18/h10-15,17-18,22H,2-9,16,28H2,1H3,(H,30,35)(H,31,33)(H,32,34)/t17?,18?,22-/m0/s1. The average molecular weight is 494 g/mol. The Bertz CT molecular complexity index is 1100. The summed E-state index contributed by atoms with van der Waals surface area (Å²) in [6, 6.07) is 8.93. The topological polar surface area (TPSA) is 135 Å². The first kappa shape index (κ1) is 25.6. The van der Waals surface area contributed by atoms with Gasteiger partial charge in [0.05, 0.1) is 24.5 Å². The second-order valence-electron chi connectivity index (χ2n) is 9.65. The van der Waals surface area contributed by atoms with Crippen LogP contribution in [-0.4, -0.2) is 36.5 Å². The highest BCUT2D eigenvalue weighted by Crippen LogP contribution is 2.34. The van der Waals surface area contributed by atoms with Gasteiger partial charge in [-0.2, -0.15) is 0 Å². The second kappa shape index (κ2) is 12.0. The van der Waals surface area contributed by atoms with Crippen molar-refractivity contribution in [2.45, 2.75) is 57.4 Å². The van der Waals surface area contributed by atoms with Crippen molar-refractivity contribution in [3.8, 4) is 11.1 Å². The summed E-state index contributed by atoms with van der Waals surface area (Å²) in [5, 5.41) is 8.88. The minimum Gasteiger partial charge on any atom is -0.453 e. The molecule has 1 aliphatic heterocycles. The largest absolute Gasteiger partial charge is 0.453 e. The van der Waals surface area contributed by atoms with E-state index in [9.17, 15) is 14.4 Å². The molecule has 9 nitrogen and oxygen atoms in total. The Labute approximate surface area is 211 Å². The number of methoxy groups -OCH3 is 1. The van der Waals surface area contributed by atoms with Gasteiger partial charge in [-0.1, -0.05) is 12.5 Å². The van der Waals surface area contributed by atoms with E-state index in [0.29, 0.717) is 43.1 Å². The maximum absolute atomic E-state index is 13.2. The molecule has 9 heteroatoms. The van der Waals surface area contributed by atoms with E-state index in [2.05, 4.69) is 25.7 Å². The number of carbonyl (C=O) groups excluding carboxylic acids is 3. The fourth-order valence-electron chi connectivity index (χ4n) is 5.04. The first-order chi connectivity index (χ1) is 17.5. The quantitative estimate of drug-likeness (QED) is 0.500. The van der Waals surface area contributed by atoms with E-state index in [1.807, 2.05) is 18.2 Å². The van der Waals surface area contributed by atoms with Gasteiger partial charge in [0, 0.05) is 29.8 Å². The molecule has 0 saturated heterocycles. The number of hydrogen-bond acceptors (Lipinski definition) is 6. The van der Waals surface area contributed by atoms with Crippen molar-refractivity contribution < 1.29 is 19.1 Å². The van der Waals surface area contributed by atoms with Crippen molar-refractivity contribution in [3.63, 3.8) is 0 Å². The van der Waals surface area contributed by atoms with Crippen molar-refractivity contribution in [1.29, 1.82) is 0 Å². The lowest BCUT2D eigenvalue weighted by molar-refractivity contribution is -0.127. The van der Waals surface area contributed by atoms with Gasteiger partial charge in [-0.25, -0.2) is 4.79 Å². The number of amides is 3. The van der Waals surface area contributed by atoms with Crippen molar-refractivity contribution in [1.82, 2.24) is 10.3 Å². The molecule has 0 radical (unpaired) electrons. The lowest BCUT2D eigenvalue weighted by Gasteiger charge is -2.29. The Kier molecular flexibility index (Phi) is 8.53. The summed E-state index contributed by atoms with van der Waals surface area (Å²) in [5.41, 5.74) is 9.37. The number of ether oxygens (including phenoxy) is 1. The first-order valence-electron chi connectivity index (χ1n) is 12.7. The lowest BCUT2D eigenvalue weighted by Crippen LogP contribution is -2.37. The van der Waals surface area contributed by atoms with E-state index in [-0.39, 0.29) is 23.8 Å². The third-order valence-electron chi connectivity index (χ3n) is 7.19. The molecule has 1 aliphatic carbocycles. The van der Waals surface area contributed by atoms with Crippen LogP contribution in [0.15, 0.2) is 36.5 Å². The number of fused-ring (bicyclic) bond motifs is 4. The van der Waals surface area contributed by atoms with Crippen LogP contribution in [0.5, 0.6) is 0 Å². The maximum atomic E-state index is 13.2. The van der Waals surface area contributed by atoms with Gasteiger partial charge >= 0.3 is 6.09 Å². The molecule has 1 aromatic heterocycles. The van der Waals surface area contributed by atoms with E-state index in [0.717, 1.165) is 48.9 Å². The lowest BCUT2D eigenvalue weighted by atomic mass is 9.81. The van der Waals surface area contributed by atoms with E-state index in [1.165, 1.54) is 7.11 Å². The highest BCUT2D eigenvalue weighted by atomic mass is 16.5. The summed E-state index contributed by atoms with van der Waals surface area (Å²) in [6.45, 7) is 0.684. The van der Waals surface area contributed by atoms with Crippen LogP contribution < -0.4 is 21.7 Å². The van der Waals surface area contributed by atoms with Crippen LogP contribution in [0.3, 0.4) is 0 Å². The molecule has 0 unspecified atom stereocenters. The molecule has 2 heterocycles. The number of pyridine rings is 1. The molecule has 1 aromatic carbocycles. The van der Waals surface area contributed by atoms with Gasteiger partial charge < -0.3 is 21.1 Å². The van der Waals surface area contributed by atoms with Crippen LogP contribution in [-0.2, 0) is 14.3 Å². The molecule has 192 valence electrons. The van der Waals surface area contributed by atoms with Crippen LogP contribution in [0.4, 0.5) is 16.2 Å². The Morgan fingerprint density at radius 2 is 1.92 bits per heavy atom. The van der Waals surface area contributed by atoms with E-state index in [1.54, 1.807) is 18.3 Å². The Morgan fingerprint density at radius 3 is 2.67 bits per heavy atom. The molecular formula is C27H35N5O4. The number of rotatable bonds is 4. The molecule has 2 aliphatic rings. The van der Waals surface area contributed by atoms with Gasteiger partial charge in [0.15, 0.2) is 0 Å². The number of hydrogen-bond donors (Lipinski definition) is 4. The predicted octanol–water partition coefficient (Wildman–Crippen LogP) is 4.36. The number of nitrogens with one attached hydrogen (secondary N) is 3. The van der Waals surface area contributed by atoms with E-state index in [4.69, 9.17) is 5.73 Å². The fourth-order valence-corrected chi connectivity index (χ4v) is 5.04. The van der Waals surface area contributed by atoms with Gasteiger partial charge in [-0.05, 0) is 80.8 Å². The molecule has 1 saturated carbocycles. The molecule has 2 aromatic rings. The van der Waals surface area contributed by atoms with E-state index < -0.39 is 6.09 Å². The van der Waals surface area contributed by atoms with Gasteiger partial charge in [0.2, 0.25) is 11.8 Å². The second-order valence-corrected chi connectivity index (χ2v) is 9.65. The smallest absolute Gasteiger partial charge is 0.411 e. The van der Waals surface area contributed by atoms with Gasteiger partial charge in [-0.3, -0.25) is 19.9 Å². The number of nitrogens with zero attached hydrogens (tertiary/aromatic N) is 1. The zero-order chi connectivity index (χ0) is 25.5. The van der Waals surface area contributed by atoms with Gasteiger partial charge in [-0.15, -0.1) is 0 Å². The van der Waals surface area contributed by atoms with Crippen LogP contribution in [0.2, 0.25) is 0 Å². The number of aromatic nitrogens is 1. The summed E-state index contributed by atoms with van der Waals surface area (Å²) in [6.07, 6.45) is 7.39. The summed E-state index contributed by atoms with van der Waals surface area (Å²) >= 11 is 0. The SMILES string of the molecule is COC(=O)Nc1ccc2c(c1)NC(=O)CCCC[C@H](NC(=O)C1CCC(CN)CC1)c1cc-2ccn1. The minimum atomic E-state index is -0.587. The predicted molar refractivity (Wildman–Crippen MR) is 138 cm³/mol. The van der Waals surface area contributed by atoms with Gasteiger partial charge in [0.1, 0.15) is 0 Å². The van der Waals surface area contributed by atoms with Crippen molar-refractivity contribution in [2.24, 2.45) is 17.6 Å². The number of benzene rings is 1. The number of carbonyl (C=O) groups is 3. The molecule has 5 N–H and O–H groups in total. The minimum absolute atomic E-state index is 0.00426. The van der Waals surface area contributed by atoms with Crippen molar-refractivity contribution in [2.75, 3.05) is 24.3 Å². The molecule has 0 spiro atoms. The fraction of sp³-hybridized carbons (Fsp3) is 0.481. The zero-order valence-electron chi connectivity index (χ0n) is 20.7. The Balaban J connectivity index is 1.60. The molecule has 4 rings (SSSR count). The molecule has 1 atom stereocenters. The summed E-state index contributed by atoms with van der Waals surface area (Å²) < 4.78 is 4.68. The van der Waals surface area contributed by atoms with Crippen LogP contribution >= 0.6 is 0 Å². The third-order valence-corrected chi connectivity index (χ3v) is 7.19. The zero-order valence-corrected chi connectivity index (χ0v) is 20.7. The number of nitrogens with two attached hydrogens (primary N) is 1. The molecule has 3 amide bonds.